The molecule has 0 radical (unpaired) electrons. The van der Waals surface area contributed by atoms with Crippen molar-refractivity contribution in [2.75, 3.05) is 0 Å². The van der Waals surface area contributed by atoms with E-state index in [0.29, 0.717) is 4.48 Å². The smallest absolute Gasteiger partial charge is 0.227 e. The van der Waals surface area contributed by atoms with E-state index in [4.69, 9.17) is 0 Å². The fourth-order valence-electron chi connectivity index (χ4n) is 1.76. The van der Waals surface area contributed by atoms with Gasteiger partial charge in [0.15, 0.2) is 6.29 Å². The van der Waals surface area contributed by atoms with Crippen molar-refractivity contribution in [2.24, 2.45) is 0 Å². The molecule has 0 aliphatic carbocycles. The summed E-state index contributed by atoms with van der Waals surface area (Å²) in [7, 11) is 0. The number of aldehydes is 1. The molecule has 1 aromatic carbocycles. The zero-order valence-electron chi connectivity index (χ0n) is 9.18. The lowest BCUT2D eigenvalue weighted by Crippen LogP contribution is -2.02. The van der Waals surface area contributed by atoms with Crippen molar-refractivity contribution in [2.45, 2.75) is 6.92 Å². The first-order valence-corrected chi connectivity index (χ1v) is 5.86. The van der Waals surface area contributed by atoms with Gasteiger partial charge in [-0.25, -0.2) is 0 Å². The van der Waals surface area contributed by atoms with Crippen LogP contribution in [0.4, 0.5) is 0 Å². The second-order valence-corrected chi connectivity index (χ2v) is 4.55. The van der Waals surface area contributed by atoms with Crippen LogP contribution in [0, 0.1) is 0 Å². The summed E-state index contributed by atoms with van der Waals surface area (Å²) in [5, 5.41) is 0.946. The monoisotopic (exact) mass is 291 g/mol. The van der Waals surface area contributed by atoms with Crippen LogP contribution < -0.4 is 0 Å². The summed E-state index contributed by atoms with van der Waals surface area (Å²) in [6, 6.07) is 7.58. The first-order valence-electron chi connectivity index (χ1n) is 5.07. The lowest BCUT2D eigenvalue weighted by molar-refractivity contribution is -0.104. The van der Waals surface area contributed by atoms with E-state index in [0.717, 1.165) is 22.8 Å². The quantitative estimate of drug-likeness (QED) is 0.629. The number of para-hydroxylation sites is 1. The number of carbonyl (C=O) groups excluding carboxylic acids is 2. The Morgan fingerprint density at radius 3 is 2.71 bits per heavy atom. The van der Waals surface area contributed by atoms with Gasteiger partial charge in [-0.15, -0.1) is 0 Å². The summed E-state index contributed by atoms with van der Waals surface area (Å²) in [4.78, 5) is 22.1. The molecule has 0 spiro atoms. The average molecular weight is 292 g/mol. The molecule has 0 aliphatic rings. The van der Waals surface area contributed by atoms with Crippen LogP contribution in [0.1, 0.15) is 17.3 Å². The fourth-order valence-corrected chi connectivity index (χ4v) is 2.01. The Hall–Kier alpha value is -1.68. The molecule has 2 aromatic rings. The third kappa shape index (κ3) is 2.22. The fraction of sp³-hybridized carbons (Fsp3) is 0.0769. The molecule has 0 bridgehead atoms. The Bertz CT molecular complexity index is 625. The molecule has 0 amide bonds. The molecule has 2 rings (SSSR count). The highest BCUT2D eigenvalue weighted by Gasteiger charge is 2.08. The molecule has 4 heteroatoms. The molecule has 0 atom stereocenters. The van der Waals surface area contributed by atoms with E-state index in [2.05, 4.69) is 15.9 Å². The van der Waals surface area contributed by atoms with E-state index in [9.17, 15) is 9.59 Å². The van der Waals surface area contributed by atoms with E-state index in [1.165, 1.54) is 6.92 Å². The molecule has 0 unspecified atom stereocenters. The van der Waals surface area contributed by atoms with Gasteiger partial charge in [-0.05, 0) is 28.1 Å². The number of benzene rings is 1. The summed E-state index contributed by atoms with van der Waals surface area (Å²) < 4.78 is 2.02. The molecular weight excluding hydrogens is 282 g/mol. The lowest BCUT2D eigenvalue weighted by atomic mass is 10.1. The van der Waals surface area contributed by atoms with E-state index < -0.39 is 0 Å². The number of halogens is 1. The van der Waals surface area contributed by atoms with E-state index >= 15 is 0 Å². The zero-order valence-corrected chi connectivity index (χ0v) is 10.8. The SMILES string of the molecule is CC(=O)n1cc(C=C(Br)C=O)c2ccccc21. The topological polar surface area (TPSA) is 39.1 Å². The molecule has 17 heavy (non-hydrogen) atoms. The Balaban J connectivity index is 2.73. The van der Waals surface area contributed by atoms with Gasteiger partial charge in [-0.3, -0.25) is 14.2 Å². The van der Waals surface area contributed by atoms with Gasteiger partial charge in [0.1, 0.15) is 0 Å². The summed E-state index contributed by atoms with van der Waals surface area (Å²) in [5.41, 5.74) is 1.69. The third-order valence-corrected chi connectivity index (χ3v) is 2.90. The van der Waals surface area contributed by atoms with Crippen LogP contribution in [-0.4, -0.2) is 16.8 Å². The number of allylic oxidation sites excluding steroid dienone is 1. The highest BCUT2D eigenvalue weighted by molar-refractivity contribution is 9.12. The number of carbonyl (C=O) groups is 2. The molecule has 86 valence electrons. The normalized spacial score (nSPS) is 11.8. The van der Waals surface area contributed by atoms with Gasteiger partial charge in [0.2, 0.25) is 5.91 Å². The maximum absolute atomic E-state index is 11.5. The minimum Gasteiger partial charge on any atom is -0.297 e. The van der Waals surface area contributed by atoms with Crippen molar-refractivity contribution in [1.29, 1.82) is 0 Å². The van der Waals surface area contributed by atoms with Crippen LogP contribution >= 0.6 is 15.9 Å². The number of fused-ring (bicyclic) bond motifs is 1. The van der Waals surface area contributed by atoms with Gasteiger partial charge >= 0.3 is 0 Å². The predicted molar refractivity (Wildman–Crippen MR) is 71.2 cm³/mol. The van der Waals surface area contributed by atoms with Crippen LogP contribution in [0.15, 0.2) is 34.9 Å². The van der Waals surface area contributed by atoms with Gasteiger partial charge in [-0.1, -0.05) is 18.2 Å². The van der Waals surface area contributed by atoms with Crippen molar-refractivity contribution in [3.63, 3.8) is 0 Å². The molecule has 0 fully saturated rings. The Morgan fingerprint density at radius 2 is 2.06 bits per heavy atom. The summed E-state index contributed by atoms with van der Waals surface area (Å²) in [5.74, 6) is -0.0527. The molecular formula is C13H10BrNO2. The highest BCUT2D eigenvalue weighted by Crippen LogP contribution is 2.24. The van der Waals surface area contributed by atoms with E-state index in [-0.39, 0.29) is 5.91 Å². The summed E-state index contributed by atoms with van der Waals surface area (Å²) >= 11 is 3.14. The summed E-state index contributed by atoms with van der Waals surface area (Å²) in [6.07, 6.45) is 4.16. The van der Waals surface area contributed by atoms with Gasteiger partial charge < -0.3 is 0 Å². The zero-order chi connectivity index (χ0) is 12.4. The Labute approximate surface area is 107 Å². The van der Waals surface area contributed by atoms with Gasteiger partial charge in [0.25, 0.3) is 0 Å². The molecule has 0 saturated carbocycles. The second-order valence-electron chi connectivity index (χ2n) is 3.64. The van der Waals surface area contributed by atoms with Crippen molar-refractivity contribution >= 4 is 45.1 Å². The van der Waals surface area contributed by atoms with Gasteiger partial charge in [-0.2, -0.15) is 0 Å². The molecule has 0 saturated heterocycles. The number of aromatic nitrogens is 1. The van der Waals surface area contributed by atoms with Crippen LogP contribution in [-0.2, 0) is 4.79 Å². The van der Waals surface area contributed by atoms with Crippen molar-refractivity contribution in [1.82, 2.24) is 4.57 Å². The molecule has 3 nitrogen and oxygen atoms in total. The van der Waals surface area contributed by atoms with Crippen molar-refractivity contribution < 1.29 is 9.59 Å². The number of rotatable bonds is 2. The van der Waals surface area contributed by atoms with Crippen molar-refractivity contribution in [3.05, 3.63) is 40.5 Å². The van der Waals surface area contributed by atoms with Gasteiger partial charge in [0, 0.05) is 24.1 Å². The molecule has 1 aromatic heterocycles. The maximum Gasteiger partial charge on any atom is 0.227 e. The molecule has 0 N–H and O–H groups in total. The van der Waals surface area contributed by atoms with E-state index in [1.807, 2.05) is 24.3 Å². The minimum absolute atomic E-state index is 0.0527. The average Bonchev–Trinajstić information content (AvgIpc) is 2.68. The first kappa shape index (κ1) is 11.8. The third-order valence-electron chi connectivity index (χ3n) is 2.49. The van der Waals surface area contributed by atoms with Crippen LogP contribution in [0.5, 0.6) is 0 Å². The maximum atomic E-state index is 11.5. The van der Waals surface area contributed by atoms with E-state index in [1.54, 1.807) is 16.8 Å². The van der Waals surface area contributed by atoms with Crippen LogP contribution in [0.25, 0.3) is 17.0 Å². The second kappa shape index (κ2) is 4.67. The largest absolute Gasteiger partial charge is 0.297 e. The lowest BCUT2D eigenvalue weighted by Gasteiger charge is -1.96. The molecule has 0 aliphatic heterocycles. The number of hydrogen-bond donors (Lipinski definition) is 0. The number of nitrogens with zero attached hydrogens (tertiary/aromatic N) is 1. The van der Waals surface area contributed by atoms with Gasteiger partial charge in [0.05, 0.1) is 10.00 Å². The van der Waals surface area contributed by atoms with Crippen LogP contribution in [0.2, 0.25) is 0 Å². The standard InChI is InChI=1S/C13H10BrNO2/c1-9(17)15-7-10(6-11(14)8-16)12-4-2-3-5-13(12)15/h2-8H,1H3. The molecule has 1 heterocycles. The number of hydrogen-bond acceptors (Lipinski definition) is 2. The Morgan fingerprint density at radius 1 is 1.35 bits per heavy atom. The minimum atomic E-state index is -0.0527. The van der Waals surface area contributed by atoms with Crippen LogP contribution in [0.3, 0.4) is 0 Å². The Kier molecular flexibility index (Phi) is 3.24. The van der Waals surface area contributed by atoms with Crippen molar-refractivity contribution in [3.8, 4) is 0 Å². The highest BCUT2D eigenvalue weighted by atomic mass is 79.9. The first-order chi connectivity index (χ1) is 8.13. The summed E-state index contributed by atoms with van der Waals surface area (Å²) in [6.45, 7) is 1.51. The predicted octanol–water partition coefficient (Wildman–Crippen LogP) is 3.24.